The Kier molecular flexibility index (Phi) is 53.9. The first-order valence-corrected chi connectivity index (χ1v) is 36.7. The zero-order chi connectivity index (χ0) is 62.5. The fourth-order valence-electron chi connectivity index (χ4n) is 9.57. The minimum Gasteiger partial charge on any atom is -0.462 e. The molecule has 0 saturated heterocycles. The number of ether oxygens (including phenoxy) is 4. The molecule has 0 radical (unpaired) electrons. The summed E-state index contributed by atoms with van der Waals surface area (Å²) in [6.45, 7) is 13.9. The summed E-state index contributed by atoms with van der Waals surface area (Å²) in [5.41, 5.74) is 0. The van der Waals surface area contributed by atoms with Crippen molar-refractivity contribution in [1.29, 1.82) is 0 Å². The third kappa shape index (κ3) is 57.8. The quantitative estimate of drug-likeness (QED) is 0.0222. The van der Waals surface area contributed by atoms with Crippen LogP contribution in [0.3, 0.4) is 0 Å². The highest BCUT2D eigenvalue weighted by Crippen LogP contribution is 2.45. The topological polar surface area (TPSA) is 237 Å². The molecule has 3 unspecified atom stereocenters. The van der Waals surface area contributed by atoms with Crippen molar-refractivity contribution in [2.75, 3.05) is 39.6 Å². The Bertz CT molecular complexity index is 1680. The van der Waals surface area contributed by atoms with Crippen molar-refractivity contribution in [1.82, 2.24) is 0 Å². The number of aliphatic hydroxyl groups is 1. The predicted molar refractivity (Wildman–Crippen MR) is 335 cm³/mol. The van der Waals surface area contributed by atoms with E-state index in [1.165, 1.54) is 103 Å². The monoisotopic (exact) mass is 1240 g/mol. The largest absolute Gasteiger partial charge is 0.472 e. The first-order chi connectivity index (χ1) is 40.1. The van der Waals surface area contributed by atoms with Gasteiger partial charge in [0.05, 0.1) is 26.4 Å². The summed E-state index contributed by atoms with van der Waals surface area (Å²) in [6.07, 6.45) is 35.1. The number of hydrogen-bond donors (Lipinski definition) is 3. The van der Waals surface area contributed by atoms with Crippen LogP contribution in [0, 0.1) is 23.7 Å². The Balaban J connectivity index is 5.24. The lowest BCUT2D eigenvalue weighted by Crippen LogP contribution is -2.30. The van der Waals surface area contributed by atoms with Gasteiger partial charge < -0.3 is 33.8 Å². The van der Waals surface area contributed by atoms with Gasteiger partial charge in [-0.05, 0) is 49.4 Å². The summed E-state index contributed by atoms with van der Waals surface area (Å²) in [5, 5.41) is 10.5. The fraction of sp³-hybridized carbons (Fsp3) is 0.938. The maximum atomic E-state index is 13.0. The van der Waals surface area contributed by atoms with Crippen LogP contribution in [0.5, 0.6) is 0 Å². The predicted octanol–water partition coefficient (Wildman–Crippen LogP) is 17.8. The molecule has 498 valence electrons. The highest BCUT2D eigenvalue weighted by atomic mass is 31.2. The van der Waals surface area contributed by atoms with Gasteiger partial charge in [0.25, 0.3) is 0 Å². The van der Waals surface area contributed by atoms with Gasteiger partial charge in [0.2, 0.25) is 0 Å². The summed E-state index contributed by atoms with van der Waals surface area (Å²) in [6, 6.07) is 0. The smallest absolute Gasteiger partial charge is 0.462 e. The summed E-state index contributed by atoms with van der Waals surface area (Å²) < 4.78 is 68.0. The van der Waals surface area contributed by atoms with Gasteiger partial charge in [0.15, 0.2) is 12.2 Å². The van der Waals surface area contributed by atoms with E-state index < -0.39 is 97.5 Å². The maximum Gasteiger partial charge on any atom is 0.472 e. The van der Waals surface area contributed by atoms with Gasteiger partial charge in [-0.15, -0.1) is 0 Å². The standard InChI is InChI=1S/C65H126O17P2/c1-9-58(8)44-36-28-18-15-16-20-32-40-48-65(70)82-61(52-76-63(68)46-38-30-24-22-27-35-43-57(6)7)54-80-84(73,74)78-50-59(66)49-77-83(71,72)79-53-60(51-75-62(67)45-37-29-23-21-26-34-42-56(4)5)81-64(69)47-39-31-19-14-12-10-11-13-17-25-33-41-55(2)3/h55-61,66H,9-54H2,1-8H3,(H,71,72)(H,73,74)/t58?,59-,60+,61+/m0/s1. The number of aliphatic hydroxyl groups excluding tert-OH is 1. The molecule has 0 aromatic heterocycles. The first-order valence-electron chi connectivity index (χ1n) is 33.7. The second-order valence-electron chi connectivity index (χ2n) is 25.2. The van der Waals surface area contributed by atoms with E-state index in [0.717, 1.165) is 115 Å². The number of phosphoric acid groups is 2. The molecule has 0 rings (SSSR count). The normalized spacial score (nSPS) is 14.7. The van der Waals surface area contributed by atoms with Crippen molar-refractivity contribution in [2.24, 2.45) is 23.7 Å². The molecule has 0 aliphatic rings. The van der Waals surface area contributed by atoms with E-state index in [4.69, 9.17) is 37.0 Å². The van der Waals surface area contributed by atoms with Crippen molar-refractivity contribution >= 4 is 39.5 Å². The van der Waals surface area contributed by atoms with Crippen molar-refractivity contribution in [2.45, 2.75) is 331 Å². The fourth-order valence-corrected chi connectivity index (χ4v) is 11.2. The third-order valence-electron chi connectivity index (χ3n) is 15.2. The van der Waals surface area contributed by atoms with Crippen LogP contribution in [0.2, 0.25) is 0 Å². The highest BCUT2D eigenvalue weighted by molar-refractivity contribution is 7.47. The Hall–Kier alpha value is -1.94. The molecule has 0 aliphatic carbocycles. The van der Waals surface area contributed by atoms with E-state index in [0.29, 0.717) is 37.5 Å². The Morgan fingerprint density at radius 3 is 0.845 bits per heavy atom. The molecule has 17 nitrogen and oxygen atoms in total. The number of phosphoric ester groups is 2. The summed E-state index contributed by atoms with van der Waals surface area (Å²) in [4.78, 5) is 72.2. The number of rotatable bonds is 62. The van der Waals surface area contributed by atoms with Crippen LogP contribution in [0.4, 0.5) is 0 Å². The lowest BCUT2D eigenvalue weighted by atomic mass is 9.99. The molecule has 0 amide bonds. The zero-order valence-electron chi connectivity index (χ0n) is 54.5. The summed E-state index contributed by atoms with van der Waals surface area (Å²) in [5.74, 6) is 0.753. The van der Waals surface area contributed by atoms with Crippen LogP contribution in [0.15, 0.2) is 0 Å². The SMILES string of the molecule is CCC(C)CCCCCCCCCCC(=O)O[C@H](COC(=O)CCCCCCCCC(C)C)COP(=O)(O)OC[C@@H](O)COP(=O)(O)OC[C@@H](COC(=O)CCCCCCCCC(C)C)OC(=O)CCCCCCCCCCCCCC(C)C. The minimum absolute atomic E-state index is 0.103. The first kappa shape index (κ1) is 82.1. The van der Waals surface area contributed by atoms with Gasteiger partial charge in [-0.2, -0.15) is 0 Å². The second-order valence-corrected chi connectivity index (χ2v) is 28.1. The third-order valence-corrected chi connectivity index (χ3v) is 17.1. The molecule has 0 spiro atoms. The van der Waals surface area contributed by atoms with E-state index in [1.807, 2.05) is 0 Å². The molecule has 3 N–H and O–H groups in total. The van der Waals surface area contributed by atoms with Crippen LogP contribution in [-0.2, 0) is 65.4 Å². The molecule has 0 saturated carbocycles. The molecule has 0 aliphatic heterocycles. The molecular weight excluding hydrogens is 1110 g/mol. The zero-order valence-corrected chi connectivity index (χ0v) is 56.3. The molecule has 19 heteroatoms. The lowest BCUT2D eigenvalue weighted by molar-refractivity contribution is -0.161. The minimum atomic E-state index is -4.95. The van der Waals surface area contributed by atoms with Gasteiger partial charge >= 0.3 is 39.5 Å². The lowest BCUT2D eigenvalue weighted by Gasteiger charge is -2.21. The molecule has 6 atom stereocenters. The average Bonchev–Trinajstić information content (AvgIpc) is 3.50. The number of carbonyl (C=O) groups is 4. The maximum absolute atomic E-state index is 13.0. The second kappa shape index (κ2) is 55.2. The van der Waals surface area contributed by atoms with Gasteiger partial charge in [0, 0.05) is 25.7 Å². The Labute approximate surface area is 511 Å². The Morgan fingerprint density at radius 2 is 0.571 bits per heavy atom. The molecule has 0 bridgehead atoms. The highest BCUT2D eigenvalue weighted by Gasteiger charge is 2.30. The van der Waals surface area contributed by atoms with Crippen molar-refractivity contribution in [3.63, 3.8) is 0 Å². The number of hydrogen-bond acceptors (Lipinski definition) is 15. The molecular formula is C65H126O17P2. The van der Waals surface area contributed by atoms with Crippen LogP contribution in [-0.4, -0.2) is 96.7 Å². The van der Waals surface area contributed by atoms with Crippen molar-refractivity contribution in [3.05, 3.63) is 0 Å². The van der Waals surface area contributed by atoms with Crippen molar-refractivity contribution in [3.8, 4) is 0 Å². The van der Waals surface area contributed by atoms with E-state index in [9.17, 15) is 43.2 Å². The molecule has 0 aromatic carbocycles. The van der Waals surface area contributed by atoms with E-state index in [1.54, 1.807) is 0 Å². The van der Waals surface area contributed by atoms with Crippen molar-refractivity contribution < 1.29 is 80.2 Å². The van der Waals surface area contributed by atoms with Crippen LogP contribution >= 0.6 is 15.6 Å². The van der Waals surface area contributed by atoms with Gasteiger partial charge in [-0.1, -0.05) is 261 Å². The number of esters is 4. The molecule has 0 heterocycles. The summed E-state index contributed by atoms with van der Waals surface area (Å²) in [7, 11) is -9.89. The molecule has 84 heavy (non-hydrogen) atoms. The number of carbonyl (C=O) groups excluding carboxylic acids is 4. The molecule has 0 fully saturated rings. The van der Waals surface area contributed by atoms with E-state index in [2.05, 4.69) is 55.4 Å². The molecule has 0 aromatic rings. The number of unbranched alkanes of at least 4 members (excludes halogenated alkanes) is 27. The van der Waals surface area contributed by atoms with Gasteiger partial charge in [-0.3, -0.25) is 37.3 Å². The summed E-state index contributed by atoms with van der Waals surface area (Å²) >= 11 is 0. The van der Waals surface area contributed by atoms with Crippen LogP contribution in [0.25, 0.3) is 0 Å². The van der Waals surface area contributed by atoms with Gasteiger partial charge in [0.1, 0.15) is 19.3 Å². The van der Waals surface area contributed by atoms with E-state index >= 15 is 0 Å². The van der Waals surface area contributed by atoms with E-state index in [-0.39, 0.29) is 25.7 Å². The average molecular weight is 1240 g/mol. The van der Waals surface area contributed by atoms with Gasteiger partial charge in [-0.25, -0.2) is 9.13 Å². The Morgan fingerprint density at radius 1 is 0.333 bits per heavy atom. The van der Waals surface area contributed by atoms with Crippen LogP contribution < -0.4 is 0 Å². The van der Waals surface area contributed by atoms with Crippen LogP contribution in [0.1, 0.15) is 312 Å².